The molecule has 5 rings (SSSR count). The van der Waals surface area contributed by atoms with E-state index >= 15 is 0 Å². The number of halogens is 3. The first-order chi connectivity index (χ1) is 18.3. The number of morpholine rings is 1. The summed E-state index contributed by atoms with van der Waals surface area (Å²) in [7, 11) is -2.19. The summed E-state index contributed by atoms with van der Waals surface area (Å²) >= 11 is 5.57. The van der Waals surface area contributed by atoms with Gasteiger partial charge in [0.15, 0.2) is 5.82 Å². The first-order valence-electron chi connectivity index (χ1n) is 12.0. The molecule has 0 amide bonds. The van der Waals surface area contributed by atoms with Gasteiger partial charge in [0.25, 0.3) is 6.43 Å². The minimum absolute atomic E-state index is 0.0222. The molecule has 2 saturated heterocycles. The molecule has 1 aromatic carbocycles. The molecule has 2 aromatic heterocycles. The van der Waals surface area contributed by atoms with E-state index in [1.807, 2.05) is 9.80 Å². The Hall–Kier alpha value is -2.88. The number of ether oxygens (including phenoxy) is 2. The maximum absolute atomic E-state index is 14.2. The quantitative estimate of drug-likeness (QED) is 0.401. The number of anilines is 2. The Kier molecular flexibility index (Phi) is 7.79. The van der Waals surface area contributed by atoms with Crippen LogP contribution in [0.25, 0.3) is 17.0 Å². The number of sulfonamides is 1. The topological polar surface area (TPSA) is 128 Å². The van der Waals surface area contributed by atoms with Crippen molar-refractivity contribution in [2.24, 2.45) is 0 Å². The molecule has 0 saturated carbocycles. The molecule has 16 heteroatoms. The number of hydrogen-bond acceptors (Lipinski definition) is 10. The summed E-state index contributed by atoms with van der Waals surface area (Å²) in [6, 6.07) is 4.56. The fourth-order valence-electron chi connectivity index (χ4n) is 4.64. The first kappa shape index (κ1) is 26.7. The molecular weight excluding hydrogens is 546 g/mol. The molecule has 0 spiro atoms. The number of nitrogens with zero attached hydrogens (tertiary/aromatic N) is 7. The number of hydrogen-bond donors (Lipinski definition) is 1. The standard InChI is InChI=1S/C22H27ClF2N8O4S/c1-36-16-6-2-5-15-17(16)26-19(18(24)25)33(15)22-28-20(31-8-10-37-11-9-31)27-21(29-22)32-7-3-4-14(12-32)30-38(34,35)13-23/h2,5-6,14,18,30H,3-4,7-13H2,1H3/t14-/m1/s1. The zero-order valence-corrected chi connectivity index (χ0v) is 22.1. The van der Waals surface area contributed by atoms with Crippen LogP contribution >= 0.6 is 11.6 Å². The van der Waals surface area contributed by atoms with E-state index < -0.39 is 33.5 Å². The highest BCUT2D eigenvalue weighted by molar-refractivity contribution is 7.90. The molecule has 12 nitrogen and oxygen atoms in total. The van der Waals surface area contributed by atoms with Gasteiger partial charge < -0.3 is 19.3 Å². The van der Waals surface area contributed by atoms with Gasteiger partial charge in [-0.25, -0.2) is 26.9 Å². The molecule has 2 fully saturated rings. The van der Waals surface area contributed by atoms with Gasteiger partial charge in [0.1, 0.15) is 16.5 Å². The van der Waals surface area contributed by atoms with Crippen LogP contribution in [0.15, 0.2) is 18.2 Å². The maximum Gasteiger partial charge on any atom is 0.296 e. The number of nitrogens with one attached hydrogen (secondary N) is 1. The van der Waals surface area contributed by atoms with Crippen LogP contribution in [0.3, 0.4) is 0 Å². The number of methoxy groups -OCH3 is 1. The average molecular weight is 573 g/mol. The summed E-state index contributed by atoms with van der Waals surface area (Å²) in [5, 5.41) is -0.547. The van der Waals surface area contributed by atoms with Gasteiger partial charge in [-0.15, -0.1) is 11.6 Å². The van der Waals surface area contributed by atoms with Crippen LogP contribution in [-0.2, 0) is 14.8 Å². The Bertz CT molecular complexity index is 1400. The molecule has 0 radical (unpaired) electrons. The summed E-state index contributed by atoms with van der Waals surface area (Å²) in [5.41, 5.74) is 0.616. The van der Waals surface area contributed by atoms with E-state index in [4.69, 9.17) is 21.1 Å². The second kappa shape index (κ2) is 11.1. The SMILES string of the molecule is COc1cccc2c1nc(C(F)F)n2-c1nc(N2CCOCC2)nc(N2CCC[C@@H](NS(=O)(=O)CCl)C2)n1. The highest BCUT2D eigenvalue weighted by atomic mass is 35.5. The van der Waals surface area contributed by atoms with Gasteiger partial charge >= 0.3 is 0 Å². The van der Waals surface area contributed by atoms with Crippen molar-refractivity contribution in [2.45, 2.75) is 25.3 Å². The zero-order valence-electron chi connectivity index (χ0n) is 20.6. The summed E-state index contributed by atoms with van der Waals surface area (Å²) < 4.78 is 67.2. The highest BCUT2D eigenvalue weighted by Crippen LogP contribution is 2.32. The number of rotatable bonds is 8. The van der Waals surface area contributed by atoms with Crippen LogP contribution in [0.1, 0.15) is 25.1 Å². The summed E-state index contributed by atoms with van der Waals surface area (Å²) in [6.45, 7) is 2.79. The van der Waals surface area contributed by atoms with Gasteiger partial charge in [0.05, 0.1) is 25.8 Å². The van der Waals surface area contributed by atoms with Gasteiger partial charge in [-0.1, -0.05) is 6.07 Å². The number of para-hydroxylation sites is 1. The van der Waals surface area contributed by atoms with Crippen LogP contribution < -0.4 is 19.3 Å². The van der Waals surface area contributed by atoms with Gasteiger partial charge in [-0.05, 0) is 25.0 Å². The van der Waals surface area contributed by atoms with E-state index in [0.717, 1.165) is 0 Å². The Labute approximate surface area is 223 Å². The van der Waals surface area contributed by atoms with E-state index in [-0.39, 0.29) is 24.0 Å². The van der Waals surface area contributed by atoms with Crippen LogP contribution in [-0.4, -0.2) is 90.7 Å². The Balaban J connectivity index is 1.62. The molecule has 206 valence electrons. The fourth-order valence-corrected chi connectivity index (χ4v) is 5.59. The number of piperidine rings is 1. The number of alkyl halides is 3. The lowest BCUT2D eigenvalue weighted by Crippen LogP contribution is -2.48. The minimum Gasteiger partial charge on any atom is -0.494 e. The van der Waals surface area contributed by atoms with E-state index in [1.165, 1.54) is 11.7 Å². The highest BCUT2D eigenvalue weighted by Gasteiger charge is 2.29. The van der Waals surface area contributed by atoms with Crippen molar-refractivity contribution in [3.05, 3.63) is 24.0 Å². The molecule has 3 aromatic rings. The Morgan fingerprint density at radius 3 is 2.50 bits per heavy atom. The number of imidazole rings is 1. The van der Waals surface area contributed by atoms with Crippen molar-refractivity contribution in [1.29, 1.82) is 0 Å². The number of fused-ring (bicyclic) bond motifs is 1. The maximum atomic E-state index is 14.2. The van der Waals surface area contributed by atoms with Gasteiger partial charge in [-0.2, -0.15) is 15.0 Å². The van der Waals surface area contributed by atoms with Crippen LogP contribution in [0.5, 0.6) is 5.75 Å². The third-order valence-electron chi connectivity index (χ3n) is 6.38. The molecule has 0 unspecified atom stereocenters. The number of aromatic nitrogens is 5. The van der Waals surface area contributed by atoms with Crippen LogP contribution in [0, 0.1) is 0 Å². The third kappa shape index (κ3) is 5.46. The smallest absolute Gasteiger partial charge is 0.296 e. The van der Waals surface area contributed by atoms with Crippen molar-refractivity contribution in [3.63, 3.8) is 0 Å². The largest absolute Gasteiger partial charge is 0.494 e. The first-order valence-corrected chi connectivity index (χ1v) is 14.2. The van der Waals surface area contributed by atoms with E-state index in [9.17, 15) is 17.2 Å². The summed E-state index contributed by atoms with van der Waals surface area (Å²) in [5.74, 6) is 0.348. The minimum atomic E-state index is -3.63. The molecule has 2 aliphatic rings. The number of benzene rings is 1. The predicted molar refractivity (Wildman–Crippen MR) is 137 cm³/mol. The molecule has 1 N–H and O–H groups in total. The molecular formula is C22H27ClF2N8O4S. The van der Waals surface area contributed by atoms with Gasteiger partial charge in [0, 0.05) is 32.2 Å². The summed E-state index contributed by atoms with van der Waals surface area (Å²) in [4.78, 5) is 21.7. The molecule has 0 aliphatic carbocycles. The second-order valence-electron chi connectivity index (χ2n) is 8.90. The van der Waals surface area contributed by atoms with Crippen molar-refractivity contribution in [2.75, 3.05) is 61.5 Å². The van der Waals surface area contributed by atoms with Crippen LogP contribution in [0.4, 0.5) is 20.7 Å². The van der Waals surface area contributed by atoms with Crippen molar-refractivity contribution < 1.29 is 26.7 Å². The van der Waals surface area contributed by atoms with E-state index in [2.05, 4.69) is 24.7 Å². The van der Waals surface area contributed by atoms with E-state index in [0.29, 0.717) is 62.9 Å². The van der Waals surface area contributed by atoms with Crippen molar-refractivity contribution in [3.8, 4) is 11.7 Å². The molecule has 0 bridgehead atoms. The molecule has 2 aliphatic heterocycles. The van der Waals surface area contributed by atoms with Crippen molar-refractivity contribution >= 4 is 44.6 Å². The lowest BCUT2D eigenvalue weighted by Gasteiger charge is -2.34. The Morgan fingerprint density at radius 1 is 1.11 bits per heavy atom. The average Bonchev–Trinajstić information content (AvgIpc) is 3.34. The second-order valence-corrected chi connectivity index (χ2v) is 11.2. The molecule has 1 atom stereocenters. The lowest BCUT2D eigenvalue weighted by molar-refractivity contribution is 0.122. The van der Waals surface area contributed by atoms with Crippen LogP contribution in [0.2, 0.25) is 0 Å². The van der Waals surface area contributed by atoms with Crippen molar-refractivity contribution in [1.82, 2.24) is 29.2 Å². The molecule has 38 heavy (non-hydrogen) atoms. The lowest BCUT2D eigenvalue weighted by atomic mass is 10.1. The predicted octanol–water partition coefficient (Wildman–Crippen LogP) is 2.08. The fraction of sp³-hybridized carbons (Fsp3) is 0.545. The monoisotopic (exact) mass is 572 g/mol. The summed E-state index contributed by atoms with van der Waals surface area (Å²) in [6.07, 6.45) is -1.64. The molecule has 4 heterocycles. The normalized spacial score (nSPS) is 18.9. The van der Waals surface area contributed by atoms with Gasteiger partial charge in [0.2, 0.25) is 27.9 Å². The van der Waals surface area contributed by atoms with Gasteiger partial charge in [-0.3, -0.25) is 4.57 Å². The zero-order chi connectivity index (χ0) is 26.9. The third-order valence-corrected chi connectivity index (χ3v) is 8.22. The Morgan fingerprint density at radius 2 is 1.82 bits per heavy atom. The van der Waals surface area contributed by atoms with E-state index in [1.54, 1.807) is 18.2 Å².